The van der Waals surface area contributed by atoms with Gasteiger partial charge < -0.3 is 9.80 Å². The van der Waals surface area contributed by atoms with Gasteiger partial charge in [0.2, 0.25) is 5.95 Å². The van der Waals surface area contributed by atoms with Gasteiger partial charge in [-0.3, -0.25) is 4.98 Å². The third-order valence-corrected chi connectivity index (χ3v) is 5.36. The highest BCUT2D eigenvalue weighted by Crippen LogP contribution is 2.32. The van der Waals surface area contributed by atoms with Gasteiger partial charge in [-0.15, -0.1) is 0 Å². The van der Waals surface area contributed by atoms with E-state index in [1.54, 1.807) is 30.9 Å². The molecule has 0 atom stereocenters. The predicted molar refractivity (Wildman–Crippen MR) is 117 cm³/mol. The lowest BCUT2D eigenvalue weighted by molar-refractivity contribution is 0.634. The molecule has 28 heavy (non-hydrogen) atoms. The maximum Gasteiger partial charge on any atom is 0.225 e. The normalized spacial score (nSPS) is 14.2. The monoisotopic (exact) mass is 456 g/mol. The molecule has 4 rings (SSSR count). The second kappa shape index (κ2) is 8.24. The Morgan fingerprint density at radius 1 is 1.00 bits per heavy atom. The van der Waals surface area contributed by atoms with Gasteiger partial charge in [-0.25, -0.2) is 15.0 Å². The molecule has 1 fully saturated rings. The van der Waals surface area contributed by atoms with Crippen molar-refractivity contribution in [2.75, 3.05) is 36.0 Å². The first-order valence-corrected chi connectivity index (χ1v) is 10.0. The Balaban J connectivity index is 1.54. The second-order valence-electron chi connectivity index (χ2n) is 6.34. The van der Waals surface area contributed by atoms with Gasteiger partial charge in [-0.05, 0) is 28.1 Å². The van der Waals surface area contributed by atoms with E-state index in [1.165, 1.54) is 0 Å². The Morgan fingerprint density at radius 3 is 2.43 bits per heavy atom. The molecule has 0 N–H and O–H groups in total. The van der Waals surface area contributed by atoms with Crippen LogP contribution in [-0.2, 0) is 0 Å². The number of pyridine rings is 2. The van der Waals surface area contributed by atoms with Gasteiger partial charge in [-0.1, -0.05) is 30.3 Å². The van der Waals surface area contributed by atoms with E-state index in [4.69, 9.17) is 11.6 Å². The third-order valence-electron chi connectivity index (χ3n) is 4.65. The number of anilines is 2. The van der Waals surface area contributed by atoms with Crippen LogP contribution in [0.15, 0.2) is 54.0 Å². The Kier molecular flexibility index (Phi) is 5.54. The van der Waals surface area contributed by atoms with Gasteiger partial charge in [0, 0.05) is 62.1 Å². The number of hydrogen-bond donors (Lipinski definition) is 0. The Labute approximate surface area is 177 Å². The predicted octanol–water partition coefficient (Wildman–Crippen LogP) is 4.32. The van der Waals surface area contributed by atoms with Gasteiger partial charge in [0.1, 0.15) is 5.82 Å². The summed E-state index contributed by atoms with van der Waals surface area (Å²) < 4.78 is 0.876. The van der Waals surface area contributed by atoms with Gasteiger partial charge >= 0.3 is 0 Å². The van der Waals surface area contributed by atoms with E-state index >= 15 is 0 Å². The molecule has 0 saturated carbocycles. The average Bonchev–Trinajstić information content (AvgIpc) is 2.75. The average molecular weight is 458 g/mol. The maximum absolute atomic E-state index is 6.43. The van der Waals surface area contributed by atoms with Crippen molar-refractivity contribution in [2.24, 2.45) is 0 Å². The van der Waals surface area contributed by atoms with Crippen LogP contribution in [-0.4, -0.2) is 46.1 Å². The Morgan fingerprint density at radius 2 is 1.71 bits per heavy atom. The molecule has 0 aromatic carbocycles. The summed E-state index contributed by atoms with van der Waals surface area (Å²) in [4.78, 5) is 22.2. The number of aromatic nitrogens is 4. The highest BCUT2D eigenvalue weighted by atomic mass is 79.9. The van der Waals surface area contributed by atoms with Crippen molar-refractivity contribution in [3.05, 3.63) is 64.6 Å². The minimum atomic E-state index is 0.576. The zero-order chi connectivity index (χ0) is 19.5. The number of rotatable bonds is 4. The van der Waals surface area contributed by atoms with Crippen LogP contribution in [0.25, 0.3) is 17.3 Å². The summed E-state index contributed by atoms with van der Waals surface area (Å²) >= 11 is 9.80. The van der Waals surface area contributed by atoms with E-state index in [0.29, 0.717) is 5.02 Å². The molecule has 0 radical (unpaired) electrons. The summed E-state index contributed by atoms with van der Waals surface area (Å²) in [6.45, 7) is 7.16. The second-order valence-corrected chi connectivity index (χ2v) is 7.67. The first-order chi connectivity index (χ1) is 13.7. The minimum absolute atomic E-state index is 0.576. The van der Waals surface area contributed by atoms with Crippen molar-refractivity contribution >= 4 is 45.4 Å². The van der Waals surface area contributed by atoms with E-state index in [2.05, 4.69) is 52.2 Å². The van der Waals surface area contributed by atoms with Gasteiger partial charge in [0.25, 0.3) is 0 Å². The molecule has 0 amide bonds. The molecule has 8 heteroatoms. The lowest BCUT2D eigenvalue weighted by atomic mass is 10.1. The Hall–Kier alpha value is -2.51. The van der Waals surface area contributed by atoms with Crippen molar-refractivity contribution in [1.29, 1.82) is 0 Å². The summed E-state index contributed by atoms with van der Waals surface area (Å²) in [6.07, 6.45) is 8.78. The number of halogens is 2. The summed E-state index contributed by atoms with van der Waals surface area (Å²) in [6, 6.07) is 5.87. The molecule has 1 aliphatic rings. The molecule has 0 aliphatic carbocycles. The maximum atomic E-state index is 6.43. The highest BCUT2D eigenvalue weighted by Gasteiger charge is 2.21. The zero-order valence-corrected chi connectivity index (χ0v) is 17.4. The topological polar surface area (TPSA) is 58.0 Å². The van der Waals surface area contributed by atoms with Crippen LogP contribution in [0.3, 0.4) is 0 Å². The molecular formula is C20H18BrClN6. The highest BCUT2D eigenvalue weighted by molar-refractivity contribution is 9.10. The molecule has 4 heterocycles. The van der Waals surface area contributed by atoms with Crippen molar-refractivity contribution in [3.8, 4) is 11.3 Å². The lowest BCUT2D eigenvalue weighted by Gasteiger charge is -2.35. The van der Waals surface area contributed by atoms with Crippen LogP contribution in [0.1, 0.15) is 5.56 Å². The van der Waals surface area contributed by atoms with Crippen molar-refractivity contribution in [1.82, 2.24) is 19.9 Å². The van der Waals surface area contributed by atoms with Crippen LogP contribution in [0, 0.1) is 0 Å². The molecule has 6 nitrogen and oxygen atoms in total. The van der Waals surface area contributed by atoms with Crippen molar-refractivity contribution < 1.29 is 0 Å². The van der Waals surface area contributed by atoms with E-state index in [9.17, 15) is 0 Å². The lowest BCUT2D eigenvalue weighted by Crippen LogP contribution is -2.47. The first-order valence-electron chi connectivity index (χ1n) is 8.86. The van der Waals surface area contributed by atoms with Crippen LogP contribution < -0.4 is 9.80 Å². The van der Waals surface area contributed by atoms with E-state index in [1.807, 2.05) is 18.2 Å². The summed E-state index contributed by atoms with van der Waals surface area (Å²) in [5.41, 5.74) is 2.62. The SMILES string of the molecule is C=Cc1cccnc1-c1cc(N2CCN(c3ncc(Br)cn3)CC2)ncc1Cl. The van der Waals surface area contributed by atoms with Gasteiger partial charge in [0.15, 0.2) is 0 Å². The third kappa shape index (κ3) is 3.86. The fraction of sp³-hybridized carbons (Fsp3) is 0.200. The van der Waals surface area contributed by atoms with E-state index < -0.39 is 0 Å². The van der Waals surface area contributed by atoms with Crippen LogP contribution >= 0.6 is 27.5 Å². The quantitative estimate of drug-likeness (QED) is 0.581. The summed E-state index contributed by atoms with van der Waals surface area (Å²) in [5, 5.41) is 0.576. The van der Waals surface area contributed by atoms with Gasteiger partial charge in [0.05, 0.1) is 15.2 Å². The van der Waals surface area contributed by atoms with Gasteiger partial charge in [-0.2, -0.15) is 0 Å². The minimum Gasteiger partial charge on any atom is -0.353 e. The molecule has 3 aromatic heterocycles. The molecule has 3 aromatic rings. The molecule has 0 spiro atoms. The zero-order valence-electron chi connectivity index (χ0n) is 15.1. The summed E-state index contributed by atoms with van der Waals surface area (Å²) in [5.74, 6) is 1.63. The van der Waals surface area contributed by atoms with Crippen LogP contribution in [0.5, 0.6) is 0 Å². The summed E-state index contributed by atoms with van der Waals surface area (Å²) in [7, 11) is 0. The Bertz CT molecular complexity index is 986. The molecule has 1 aliphatic heterocycles. The van der Waals surface area contributed by atoms with Crippen molar-refractivity contribution in [3.63, 3.8) is 0 Å². The number of hydrogen-bond acceptors (Lipinski definition) is 6. The molecule has 1 saturated heterocycles. The first kappa shape index (κ1) is 18.8. The smallest absolute Gasteiger partial charge is 0.225 e. The fourth-order valence-corrected chi connectivity index (χ4v) is 3.59. The standard InChI is InChI=1S/C20H18BrClN6/c1-2-14-4-3-5-23-19(14)16-10-18(24-13-17(16)22)27-6-8-28(9-7-27)20-25-11-15(21)12-26-20/h2-5,10-13H,1,6-9H2. The molecule has 0 bridgehead atoms. The van der Waals surface area contributed by atoms with Crippen molar-refractivity contribution in [2.45, 2.75) is 0 Å². The number of piperazine rings is 1. The van der Waals surface area contributed by atoms with Crippen LogP contribution in [0.2, 0.25) is 5.02 Å². The molecule has 142 valence electrons. The molecule has 0 unspecified atom stereocenters. The van der Waals surface area contributed by atoms with E-state index in [0.717, 1.165) is 59.2 Å². The van der Waals surface area contributed by atoms with Crippen LogP contribution in [0.4, 0.5) is 11.8 Å². The number of nitrogens with zero attached hydrogens (tertiary/aromatic N) is 6. The largest absolute Gasteiger partial charge is 0.353 e. The van der Waals surface area contributed by atoms with E-state index in [-0.39, 0.29) is 0 Å². The molecular weight excluding hydrogens is 440 g/mol. The fourth-order valence-electron chi connectivity index (χ4n) is 3.19.